The van der Waals surface area contributed by atoms with Crippen molar-refractivity contribution in [2.45, 2.75) is 13.1 Å². The van der Waals surface area contributed by atoms with E-state index in [-0.39, 0.29) is 5.91 Å². The molecule has 0 radical (unpaired) electrons. The molecule has 2 aromatic rings. The van der Waals surface area contributed by atoms with Gasteiger partial charge in [0.15, 0.2) is 18.0 Å². The summed E-state index contributed by atoms with van der Waals surface area (Å²) in [6.45, 7) is 5.69. The molecule has 0 bridgehead atoms. The van der Waals surface area contributed by atoms with E-state index in [2.05, 4.69) is 5.32 Å². The van der Waals surface area contributed by atoms with Gasteiger partial charge in [0, 0.05) is 0 Å². The van der Waals surface area contributed by atoms with E-state index in [1.54, 1.807) is 27.6 Å². The quantitative estimate of drug-likeness (QED) is 0.494. The Labute approximate surface area is 171 Å². The molecule has 0 saturated carbocycles. The molecule has 1 saturated heterocycles. The Kier molecular flexibility index (Phi) is 7.37. The summed E-state index contributed by atoms with van der Waals surface area (Å²) in [5.41, 5.74) is 1.10. The number of benzene rings is 1. The topological polar surface area (TPSA) is 78.8 Å². The van der Waals surface area contributed by atoms with Crippen molar-refractivity contribution in [1.82, 2.24) is 5.32 Å². The molecule has 3 rings (SSSR count). The lowest BCUT2D eigenvalue weighted by atomic mass is 10.1. The molecule has 0 aliphatic carbocycles. The zero-order chi connectivity index (χ0) is 20.6. The van der Waals surface area contributed by atoms with Gasteiger partial charge in [0.1, 0.15) is 38.5 Å². The number of hydrogen-bond donors (Lipinski definition) is 3. The van der Waals surface area contributed by atoms with Crippen LogP contribution >= 0.6 is 0 Å². The predicted molar refractivity (Wildman–Crippen MR) is 107 cm³/mol. The van der Waals surface area contributed by atoms with E-state index >= 15 is 0 Å². The van der Waals surface area contributed by atoms with Crippen molar-refractivity contribution < 1.29 is 33.2 Å². The molecule has 8 heteroatoms. The zero-order valence-corrected chi connectivity index (χ0v) is 17.4. The van der Waals surface area contributed by atoms with Crippen molar-refractivity contribution in [3.63, 3.8) is 0 Å². The Morgan fingerprint density at radius 1 is 1.00 bits per heavy atom. The number of piperazine rings is 1. The summed E-state index contributed by atoms with van der Waals surface area (Å²) in [5, 5.41) is 2.92. The highest BCUT2D eigenvalue weighted by atomic mass is 16.5. The van der Waals surface area contributed by atoms with Gasteiger partial charge in [0.05, 0.1) is 39.7 Å². The molecule has 29 heavy (non-hydrogen) atoms. The van der Waals surface area contributed by atoms with Gasteiger partial charge >= 0.3 is 0 Å². The normalized spacial score (nSPS) is 18.9. The van der Waals surface area contributed by atoms with Crippen LogP contribution in [0.2, 0.25) is 0 Å². The highest BCUT2D eigenvalue weighted by molar-refractivity contribution is 5.76. The van der Waals surface area contributed by atoms with Crippen LogP contribution in [0.5, 0.6) is 17.2 Å². The van der Waals surface area contributed by atoms with Crippen LogP contribution in [-0.2, 0) is 17.9 Å². The molecule has 0 unspecified atom stereocenters. The van der Waals surface area contributed by atoms with Crippen LogP contribution in [0.15, 0.2) is 34.9 Å². The molecule has 1 aliphatic rings. The first kappa shape index (κ1) is 21.0. The van der Waals surface area contributed by atoms with Gasteiger partial charge in [0.25, 0.3) is 5.91 Å². The molecule has 1 aromatic heterocycles. The van der Waals surface area contributed by atoms with E-state index in [9.17, 15) is 4.79 Å². The van der Waals surface area contributed by atoms with E-state index in [0.29, 0.717) is 24.6 Å². The van der Waals surface area contributed by atoms with Crippen LogP contribution in [0.4, 0.5) is 0 Å². The van der Waals surface area contributed by atoms with Crippen LogP contribution in [-0.4, -0.2) is 60.0 Å². The monoisotopic (exact) mass is 405 g/mol. The predicted octanol–water partition coefficient (Wildman–Crippen LogP) is -1.09. The number of methoxy groups -OCH3 is 3. The summed E-state index contributed by atoms with van der Waals surface area (Å²) in [4.78, 5) is 14.9. The lowest BCUT2D eigenvalue weighted by Crippen LogP contribution is -3.28. The second-order valence-corrected chi connectivity index (χ2v) is 7.20. The first-order chi connectivity index (χ1) is 14.1. The van der Waals surface area contributed by atoms with Gasteiger partial charge in [-0.1, -0.05) is 0 Å². The van der Waals surface area contributed by atoms with E-state index in [1.165, 1.54) is 9.80 Å². The molecule has 1 aliphatic heterocycles. The summed E-state index contributed by atoms with van der Waals surface area (Å²) in [5.74, 6) is 2.85. The number of amides is 1. The van der Waals surface area contributed by atoms with E-state index in [1.807, 2.05) is 24.3 Å². The number of hydrogen-bond acceptors (Lipinski definition) is 5. The number of ether oxygens (including phenoxy) is 3. The van der Waals surface area contributed by atoms with E-state index < -0.39 is 0 Å². The Balaban J connectivity index is 1.49. The molecule has 1 fully saturated rings. The highest BCUT2D eigenvalue weighted by Gasteiger charge is 2.27. The Bertz CT molecular complexity index is 786. The summed E-state index contributed by atoms with van der Waals surface area (Å²) in [7, 11) is 4.89. The molecule has 8 nitrogen and oxygen atoms in total. The van der Waals surface area contributed by atoms with Crippen molar-refractivity contribution in [2.24, 2.45) is 0 Å². The third-order valence-electron chi connectivity index (χ3n) is 5.34. The van der Waals surface area contributed by atoms with Gasteiger partial charge in [-0.15, -0.1) is 0 Å². The molecule has 0 spiro atoms. The van der Waals surface area contributed by atoms with Gasteiger partial charge in [-0.2, -0.15) is 0 Å². The van der Waals surface area contributed by atoms with Gasteiger partial charge in [-0.25, -0.2) is 0 Å². The van der Waals surface area contributed by atoms with Crippen molar-refractivity contribution in [1.29, 1.82) is 0 Å². The number of furan rings is 1. The maximum Gasteiger partial charge on any atom is 0.275 e. The highest BCUT2D eigenvalue weighted by Crippen LogP contribution is 2.39. The minimum Gasteiger partial charge on any atom is -0.493 e. The average Bonchev–Trinajstić information content (AvgIpc) is 3.27. The molecule has 1 aromatic carbocycles. The maximum atomic E-state index is 12.2. The third-order valence-corrected chi connectivity index (χ3v) is 5.34. The second kappa shape index (κ2) is 10.2. The van der Waals surface area contributed by atoms with Crippen LogP contribution < -0.4 is 29.3 Å². The van der Waals surface area contributed by atoms with Crippen LogP contribution in [0.3, 0.4) is 0 Å². The van der Waals surface area contributed by atoms with Crippen molar-refractivity contribution >= 4 is 5.91 Å². The number of quaternary nitrogens is 2. The fraction of sp³-hybridized carbons (Fsp3) is 0.476. The minimum absolute atomic E-state index is 0.0569. The van der Waals surface area contributed by atoms with Gasteiger partial charge < -0.3 is 33.7 Å². The summed E-state index contributed by atoms with van der Waals surface area (Å²) >= 11 is 0. The standard InChI is InChI=1S/C21H29N3O5/c1-26-18-7-6-16(20(27-2)21(18)28-3)14-23-8-10-24(11-9-23)15-19(25)22-13-17-5-4-12-29-17/h4-7,12H,8-11,13-15H2,1-3H3,(H,22,25)/p+2. The first-order valence-electron chi connectivity index (χ1n) is 9.88. The SMILES string of the molecule is COc1ccc(C[NH+]2CC[NH+](CC(=O)NCc3ccco3)CC2)c(OC)c1OC. The Morgan fingerprint density at radius 2 is 1.72 bits per heavy atom. The lowest BCUT2D eigenvalue weighted by molar-refractivity contribution is -1.02. The molecule has 0 atom stereocenters. The lowest BCUT2D eigenvalue weighted by Gasteiger charge is -2.29. The van der Waals surface area contributed by atoms with Crippen molar-refractivity contribution in [3.8, 4) is 17.2 Å². The molecular formula is C21H31N3O5+2. The fourth-order valence-corrected chi connectivity index (χ4v) is 3.77. The summed E-state index contributed by atoms with van der Waals surface area (Å²) < 4.78 is 21.7. The van der Waals surface area contributed by atoms with Gasteiger partial charge in [0.2, 0.25) is 5.75 Å². The molecule has 158 valence electrons. The smallest absolute Gasteiger partial charge is 0.275 e. The average molecular weight is 405 g/mol. The molecule has 2 heterocycles. The van der Waals surface area contributed by atoms with Crippen LogP contribution in [0.25, 0.3) is 0 Å². The molecular weight excluding hydrogens is 374 g/mol. The van der Waals surface area contributed by atoms with Gasteiger partial charge in [-0.05, 0) is 24.3 Å². The molecule has 3 N–H and O–H groups in total. The summed E-state index contributed by atoms with van der Waals surface area (Å²) in [6, 6.07) is 7.63. The van der Waals surface area contributed by atoms with E-state index in [0.717, 1.165) is 49.8 Å². The maximum absolute atomic E-state index is 12.2. The van der Waals surface area contributed by atoms with E-state index in [4.69, 9.17) is 18.6 Å². The van der Waals surface area contributed by atoms with Gasteiger partial charge in [-0.3, -0.25) is 4.79 Å². The number of rotatable bonds is 9. The largest absolute Gasteiger partial charge is 0.493 e. The second-order valence-electron chi connectivity index (χ2n) is 7.20. The Morgan fingerprint density at radius 3 is 2.34 bits per heavy atom. The third kappa shape index (κ3) is 5.42. The molecule has 1 amide bonds. The first-order valence-corrected chi connectivity index (χ1v) is 9.88. The number of nitrogens with one attached hydrogen (secondary N) is 3. The van der Waals surface area contributed by atoms with Crippen LogP contribution in [0, 0.1) is 0 Å². The fourth-order valence-electron chi connectivity index (χ4n) is 3.77. The number of carbonyl (C=O) groups is 1. The summed E-state index contributed by atoms with van der Waals surface area (Å²) in [6.07, 6.45) is 1.61. The Hall–Kier alpha value is -2.71. The van der Waals surface area contributed by atoms with Crippen LogP contribution in [0.1, 0.15) is 11.3 Å². The van der Waals surface area contributed by atoms with Crippen molar-refractivity contribution in [2.75, 3.05) is 54.1 Å². The zero-order valence-electron chi connectivity index (χ0n) is 17.4. The van der Waals surface area contributed by atoms with Crippen molar-refractivity contribution in [3.05, 3.63) is 41.9 Å². The minimum atomic E-state index is 0.0569. The number of carbonyl (C=O) groups excluding carboxylic acids is 1.